The monoisotopic (exact) mass is 339 g/mol. The first kappa shape index (κ1) is 15.8. The lowest BCUT2D eigenvalue weighted by atomic mass is 10.3. The van der Waals surface area contributed by atoms with Crippen molar-refractivity contribution >= 4 is 23.2 Å². The third-order valence-corrected chi connectivity index (χ3v) is 4.62. The van der Waals surface area contributed by atoms with Crippen LogP contribution >= 0.6 is 11.5 Å². The van der Waals surface area contributed by atoms with Crippen LogP contribution in [0.4, 0.5) is 11.6 Å². The molecule has 0 amide bonds. The topological polar surface area (TPSA) is 113 Å². The Morgan fingerprint density at radius 1 is 1.39 bits per heavy atom. The molecule has 0 atom stereocenters. The van der Waals surface area contributed by atoms with E-state index in [9.17, 15) is 10.1 Å². The average Bonchev–Trinajstić information content (AvgIpc) is 3.14. The number of hydrogen-bond acceptors (Lipinski definition) is 9. The van der Waals surface area contributed by atoms with E-state index in [1.165, 1.54) is 22.3 Å². The normalized spacial score (nSPS) is 16.0. The van der Waals surface area contributed by atoms with Crippen molar-refractivity contribution in [3.05, 3.63) is 16.3 Å². The van der Waals surface area contributed by atoms with Gasteiger partial charge in [0.15, 0.2) is 10.7 Å². The number of aromatic nitrogens is 4. The van der Waals surface area contributed by atoms with Crippen LogP contribution in [0.1, 0.15) is 0 Å². The van der Waals surface area contributed by atoms with E-state index in [0.717, 1.165) is 31.1 Å². The summed E-state index contributed by atoms with van der Waals surface area (Å²) in [5, 5.41) is 24.2. The third-order valence-electron chi connectivity index (χ3n) is 3.91. The molecule has 1 aliphatic rings. The molecule has 0 aromatic carbocycles. The number of hydrogen-bond donors (Lipinski definition) is 1. The highest BCUT2D eigenvalue weighted by Crippen LogP contribution is 2.33. The summed E-state index contributed by atoms with van der Waals surface area (Å²) in [5.41, 5.74) is 0. The van der Waals surface area contributed by atoms with Crippen LogP contribution in [0.15, 0.2) is 6.20 Å². The number of rotatable bonds is 5. The zero-order valence-electron chi connectivity index (χ0n) is 12.6. The van der Waals surface area contributed by atoms with Crippen LogP contribution in [0.2, 0.25) is 0 Å². The fourth-order valence-electron chi connectivity index (χ4n) is 2.64. The Bertz CT molecular complexity index is 693. The van der Waals surface area contributed by atoms with Crippen molar-refractivity contribution in [2.75, 3.05) is 44.2 Å². The molecule has 2 aromatic heterocycles. The molecule has 2 aromatic rings. The Labute approximate surface area is 136 Å². The van der Waals surface area contributed by atoms with E-state index in [2.05, 4.69) is 24.4 Å². The molecule has 124 valence electrons. The van der Waals surface area contributed by atoms with Gasteiger partial charge in [-0.1, -0.05) is 4.49 Å². The number of aliphatic hydroxyl groups excluding tert-OH is 1. The lowest BCUT2D eigenvalue weighted by Crippen LogP contribution is -2.47. The Kier molecular flexibility index (Phi) is 4.50. The SMILES string of the molecule is Cn1c([N+](=O)[O-])cnc1-c1snnc1N1CCN(CCO)CC1. The Morgan fingerprint density at radius 3 is 2.74 bits per heavy atom. The minimum Gasteiger partial charge on any atom is -0.395 e. The maximum atomic E-state index is 11.0. The maximum absolute atomic E-state index is 11.0. The molecule has 10 nitrogen and oxygen atoms in total. The van der Waals surface area contributed by atoms with Crippen molar-refractivity contribution in [3.63, 3.8) is 0 Å². The Hall–Kier alpha value is -2.11. The van der Waals surface area contributed by atoms with E-state index in [1.807, 2.05) is 0 Å². The van der Waals surface area contributed by atoms with Crippen molar-refractivity contribution in [1.82, 2.24) is 24.0 Å². The number of piperazine rings is 1. The van der Waals surface area contributed by atoms with Gasteiger partial charge in [0.2, 0.25) is 5.82 Å². The molecule has 1 N–H and O–H groups in total. The lowest BCUT2D eigenvalue weighted by molar-refractivity contribution is -0.391. The van der Waals surface area contributed by atoms with Crippen molar-refractivity contribution in [2.24, 2.45) is 7.05 Å². The van der Waals surface area contributed by atoms with E-state index in [1.54, 1.807) is 7.05 Å². The molecule has 1 saturated heterocycles. The van der Waals surface area contributed by atoms with Crippen LogP contribution in [0, 0.1) is 10.1 Å². The predicted octanol–water partition coefficient (Wildman–Crippen LogP) is -0.0389. The Morgan fingerprint density at radius 2 is 2.13 bits per heavy atom. The largest absolute Gasteiger partial charge is 0.395 e. The molecule has 0 radical (unpaired) electrons. The summed E-state index contributed by atoms with van der Waals surface area (Å²) in [5.74, 6) is 1.15. The van der Waals surface area contributed by atoms with Gasteiger partial charge >= 0.3 is 5.82 Å². The molecule has 11 heteroatoms. The van der Waals surface area contributed by atoms with Crippen LogP contribution in [0.3, 0.4) is 0 Å². The predicted molar refractivity (Wildman–Crippen MR) is 84.5 cm³/mol. The zero-order chi connectivity index (χ0) is 16.4. The number of anilines is 1. The van der Waals surface area contributed by atoms with Gasteiger partial charge in [-0.15, -0.1) is 5.10 Å². The van der Waals surface area contributed by atoms with Crippen LogP contribution in [-0.2, 0) is 7.05 Å². The van der Waals surface area contributed by atoms with Gasteiger partial charge in [-0.25, -0.2) is 9.55 Å². The molecule has 0 saturated carbocycles. The fraction of sp³-hybridized carbons (Fsp3) is 0.583. The first-order valence-corrected chi connectivity index (χ1v) is 7.96. The molecule has 0 unspecified atom stereocenters. The second-order valence-electron chi connectivity index (χ2n) is 5.23. The van der Waals surface area contributed by atoms with Gasteiger partial charge < -0.3 is 20.1 Å². The summed E-state index contributed by atoms with van der Waals surface area (Å²) >= 11 is 1.18. The van der Waals surface area contributed by atoms with Crippen LogP contribution < -0.4 is 4.90 Å². The highest BCUT2D eigenvalue weighted by Gasteiger charge is 2.27. The van der Waals surface area contributed by atoms with Gasteiger partial charge in [-0.3, -0.25) is 4.90 Å². The van der Waals surface area contributed by atoms with Crippen molar-refractivity contribution in [1.29, 1.82) is 0 Å². The van der Waals surface area contributed by atoms with Crippen molar-refractivity contribution in [2.45, 2.75) is 0 Å². The minimum atomic E-state index is -0.460. The van der Waals surface area contributed by atoms with E-state index in [0.29, 0.717) is 18.2 Å². The van der Waals surface area contributed by atoms with Crippen molar-refractivity contribution in [3.8, 4) is 10.7 Å². The number of nitrogens with zero attached hydrogens (tertiary/aromatic N) is 7. The average molecular weight is 339 g/mol. The van der Waals surface area contributed by atoms with Gasteiger partial charge in [-0.05, 0) is 16.5 Å². The third kappa shape index (κ3) is 3.02. The molecule has 3 heterocycles. The molecular formula is C12H17N7O3S. The van der Waals surface area contributed by atoms with Gasteiger partial charge in [0.05, 0.1) is 13.7 Å². The van der Waals surface area contributed by atoms with Gasteiger partial charge in [0, 0.05) is 32.7 Å². The second kappa shape index (κ2) is 6.56. The van der Waals surface area contributed by atoms with Gasteiger partial charge in [0.25, 0.3) is 0 Å². The first-order valence-electron chi connectivity index (χ1n) is 7.18. The van der Waals surface area contributed by atoms with Crippen LogP contribution in [-0.4, -0.2) is 73.4 Å². The highest BCUT2D eigenvalue weighted by molar-refractivity contribution is 7.09. The standard InChI is InChI=1S/C12H17N7O3S/c1-16-9(19(21)22)8-13-11(16)10-12(14-15-23-10)18-4-2-17(3-5-18)6-7-20/h8,20H,2-7H2,1H3. The molecule has 3 rings (SSSR count). The molecule has 0 aliphatic carbocycles. The summed E-state index contributed by atoms with van der Waals surface area (Å²) < 4.78 is 5.44. The molecule has 0 spiro atoms. The summed E-state index contributed by atoms with van der Waals surface area (Å²) in [6.07, 6.45) is 1.25. The molecule has 1 fully saturated rings. The first-order chi connectivity index (χ1) is 11.1. The second-order valence-corrected chi connectivity index (χ2v) is 5.99. The number of imidazole rings is 1. The van der Waals surface area contributed by atoms with Crippen LogP contribution in [0.25, 0.3) is 10.7 Å². The van der Waals surface area contributed by atoms with Gasteiger partial charge in [0.1, 0.15) is 6.20 Å². The van der Waals surface area contributed by atoms with E-state index < -0.39 is 4.92 Å². The molecular weight excluding hydrogens is 322 g/mol. The number of aliphatic hydroxyl groups is 1. The summed E-state index contributed by atoms with van der Waals surface area (Å²) in [6.45, 7) is 4.02. The van der Waals surface area contributed by atoms with Gasteiger partial charge in [-0.2, -0.15) is 0 Å². The summed E-state index contributed by atoms with van der Waals surface area (Å²) in [4.78, 5) is 19.7. The minimum absolute atomic E-state index is 0.0629. The van der Waals surface area contributed by atoms with E-state index >= 15 is 0 Å². The maximum Gasteiger partial charge on any atom is 0.342 e. The number of β-amino-alcohol motifs (C(OH)–C–C–N with tert-alkyl or cyclic N) is 1. The Balaban J connectivity index is 1.82. The van der Waals surface area contributed by atoms with E-state index in [-0.39, 0.29) is 12.4 Å². The fourth-order valence-corrected chi connectivity index (χ4v) is 3.36. The molecule has 23 heavy (non-hydrogen) atoms. The quantitative estimate of drug-likeness (QED) is 0.596. The highest BCUT2D eigenvalue weighted by atomic mass is 32.1. The number of nitro groups is 1. The smallest absolute Gasteiger partial charge is 0.342 e. The zero-order valence-corrected chi connectivity index (χ0v) is 13.4. The molecule has 1 aliphatic heterocycles. The van der Waals surface area contributed by atoms with E-state index in [4.69, 9.17) is 5.11 Å². The van der Waals surface area contributed by atoms with Crippen molar-refractivity contribution < 1.29 is 10.0 Å². The lowest BCUT2D eigenvalue weighted by Gasteiger charge is -2.34. The summed E-state index contributed by atoms with van der Waals surface area (Å²) in [6, 6.07) is 0. The van der Waals surface area contributed by atoms with Crippen LogP contribution in [0.5, 0.6) is 0 Å². The molecule has 0 bridgehead atoms. The summed E-state index contributed by atoms with van der Waals surface area (Å²) in [7, 11) is 1.61.